The number of urea groups is 3. The quantitative estimate of drug-likeness (QED) is 0.0203. The first kappa shape index (κ1) is 89.6. The van der Waals surface area contributed by atoms with Crippen LogP contribution in [-0.4, -0.2) is 176 Å². The van der Waals surface area contributed by atoms with E-state index in [-0.39, 0.29) is 65.8 Å². The second kappa shape index (κ2) is 39.8. The van der Waals surface area contributed by atoms with E-state index in [0.29, 0.717) is 89.7 Å². The van der Waals surface area contributed by atoms with Crippen molar-refractivity contribution >= 4 is 111 Å². The van der Waals surface area contributed by atoms with Crippen molar-refractivity contribution in [3.63, 3.8) is 0 Å². The molecule has 0 spiro atoms. The predicted molar refractivity (Wildman–Crippen MR) is 484 cm³/mol. The van der Waals surface area contributed by atoms with Gasteiger partial charge < -0.3 is 87.9 Å². The van der Waals surface area contributed by atoms with Crippen molar-refractivity contribution in [3.05, 3.63) is 275 Å². The summed E-state index contributed by atoms with van der Waals surface area (Å²) in [4.78, 5) is 113. The molecule has 642 valence electrons. The topological polar surface area (TPSA) is 374 Å². The molecule has 3 aliphatic heterocycles. The van der Waals surface area contributed by atoms with Gasteiger partial charge in [0.25, 0.3) is 11.8 Å². The van der Waals surface area contributed by atoms with E-state index in [1.54, 1.807) is 77.7 Å². The van der Waals surface area contributed by atoms with Crippen molar-refractivity contribution in [1.29, 1.82) is 0 Å². The molecule has 31 heteroatoms. The van der Waals surface area contributed by atoms with Crippen LogP contribution in [0.15, 0.2) is 219 Å². The zero-order valence-electron chi connectivity index (χ0n) is 72.0. The lowest BCUT2D eigenvalue weighted by Gasteiger charge is -2.34. The van der Waals surface area contributed by atoms with Gasteiger partial charge in [-0.2, -0.15) is 15.3 Å². The molecule has 1 unspecified atom stereocenters. The van der Waals surface area contributed by atoms with Gasteiger partial charge in [-0.3, -0.25) is 39.3 Å². The molecular weight excluding hydrogens is 1560 g/mol. The fourth-order valence-corrected chi connectivity index (χ4v) is 14.8. The minimum atomic E-state index is -0.599. The smallest absolute Gasteiger partial charge is 0.319 e. The van der Waals surface area contributed by atoms with Crippen LogP contribution in [0.3, 0.4) is 0 Å². The van der Waals surface area contributed by atoms with Gasteiger partial charge in [-0.15, -0.1) is 0 Å². The zero-order chi connectivity index (χ0) is 88.5. The minimum absolute atomic E-state index is 0.00183. The van der Waals surface area contributed by atoms with E-state index < -0.39 is 16.6 Å². The van der Waals surface area contributed by atoms with Gasteiger partial charge in [-0.05, 0) is 224 Å². The highest BCUT2D eigenvalue weighted by molar-refractivity contribution is 6.07. The van der Waals surface area contributed by atoms with Crippen LogP contribution in [0.5, 0.6) is 0 Å². The van der Waals surface area contributed by atoms with Crippen molar-refractivity contribution in [1.82, 2.24) is 75.9 Å². The van der Waals surface area contributed by atoms with Crippen molar-refractivity contribution in [3.8, 4) is 0 Å². The van der Waals surface area contributed by atoms with E-state index in [1.165, 1.54) is 18.2 Å². The maximum Gasteiger partial charge on any atom is 0.319 e. The van der Waals surface area contributed by atoms with E-state index in [9.17, 15) is 38.4 Å². The summed E-state index contributed by atoms with van der Waals surface area (Å²) in [6.07, 6.45) is 6.45. The second-order valence-corrected chi connectivity index (χ2v) is 32.5. The van der Waals surface area contributed by atoms with Crippen molar-refractivity contribution in [2.24, 2.45) is 0 Å². The molecule has 0 saturated heterocycles. The summed E-state index contributed by atoms with van der Waals surface area (Å²) >= 11 is 0. The third-order valence-electron chi connectivity index (χ3n) is 21.2. The van der Waals surface area contributed by atoms with Gasteiger partial charge in [0, 0.05) is 105 Å². The first-order valence-corrected chi connectivity index (χ1v) is 40.5. The Bertz CT molecular complexity index is 5460. The summed E-state index contributed by atoms with van der Waals surface area (Å²) in [5.41, 5.74) is 11.9. The van der Waals surface area contributed by atoms with Crippen molar-refractivity contribution in [2.75, 3.05) is 104 Å². The summed E-state index contributed by atoms with van der Waals surface area (Å²) in [5.74, 6) is 0.494. The number of H-pyrrole nitrogens is 3. The number of nitrogens with zero attached hydrogens (tertiary/aromatic N) is 9. The molecule has 0 fully saturated rings. The van der Waals surface area contributed by atoms with E-state index >= 15 is 0 Å². The number of fused-ring (bicyclic) bond motifs is 3. The molecule has 3 atom stereocenters. The molecule has 10 aromatic rings. The number of aromatic nitrogens is 6. The van der Waals surface area contributed by atoms with Gasteiger partial charge in [-0.1, -0.05) is 105 Å². The lowest BCUT2D eigenvalue weighted by molar-refractivity contribution is -0.112. The summed E-state index contributed by atoms with van der Waals surface area (Å²) in [6.45, 7) is 26.2. The third-order valence-corrected chi connectivity index (χ3v) is 21.2. The molecule has 6 heterocycles. The first-order valence-electron chi connectivity index (χ1n) is 40.5. The van der Waals surface area contributed by atoms with E-state index in [2.05, 4.69) is 114 Å². The predicted octanol–water partition coefficient (Wildman–Crippen LogP) is 15.0. The molecule has 3 aromatic heterocycles. The molecular formula is C92H111N23O8. The maximum absolute atomic E-state index is 13.5. The van der Waals surface area contributed by atoms with Gasteiger partial charge in [0.1, 0.15) is 0 Å². The maximum atomic E-state index is 13.5. The van der Waals surface area contributed by atoms with Crippen LogP contribution in [0.4, 0.5) is 77.3 Å². The van der Waals surface area contributed by atoms with E-state index in [0.717, 1.165) is 74.9 Å². The van der Waals surface area contributed by atoms with Gasteiger partial charge in [0.15, 0.2) is 17.5 Å². The Morgan fingerprint density at radius 2 is 0.756 bits per heavy atom. The molecule has 14 N–H and O–H groups in total. The normalized spacial score (nSPS) is 14.4. The lowest BCUT2D eigenvalue weighted by atomic mass is 10.0. The molecule has 0 bridgehead atoms. The number of hydrogen-bond donors (Lipinski definition) is 14. The Morgan fingerprint density at radius 3 is 1.12 bits per heavy atom. The Balaban J connectivity index is 0.000000181. The van der Waals surface area contributed by atoms with Gasteiger partial charge in [0.05, 0.1) is 65.4 Å². The van der Waals surface area contributed by atoms with E-state index in [1.807, 2.05) is 226 Å². The van der Waals surface area contributed by atoms with Gasteiger partial charge in [-0.25, -0.2) is 14.4 Å². The van der Waals surface area contributed by atoms with Crippen LogP contribution in [0.1, 0.15) is 140 Å². The highest BCUT2D eigenvalue weighted by Gasteiger charge is 2.47. The molecule has 0 radical (unpaired) electrons. The Labute approximate surface area is 717 Å². The second-order valence-electron chi connectivity index (χ2n) is 32.5. The van der Waals surface area contributed by atoms with Crippen LogP contribution < -0.4 is 58.5 Å². The molecule has 11 amide bonds. The SMILES string of the molecule is C=CC(=O)Nc1ccc(C(=O)Nc2cccc(Nc3n[nH]c4c3CN(C(=O)NC(C)CN(C)C)C4(C)C)c2)cc1.C=CC(=O)Nc1cccc(Nc2n[nH]c3c2CN(C(=O)N[C@H](CN(C)C)c2ccccc2)C3(C)C)c1.CC[C@@H](NC(=O)N1Cc2c(Nc3cccc(NC(=O)c4ccc(NC(=O)/C=C/CN(C)C)cc4)c3)n[nH]c2C1(C)C)c1ccccc1. The van der Waals surface area contributed by atoms with Crippen LogP contribution in [-0.2, 0) is 50.6 Å². The van der Waals surface area contributed by atoms with Crippen LogP contribution in [0.2, 0.25) is 0 Å². The van der Waals surface area contributed by atoms with Crippen LogP contribution in [0, 0.1) is 0 Å². The number of amides is 11. The van der Waals surface area contributed by atoms with Crippen LogP contribution >= 0.6 is 0 Å². The van der Waals surface area contributed by atoms with E-state index in [4.69, 9.17) is 0 Å². The molecule has 7 aromatic carbocycles. The average molecular weight is 1670 g/mol. The molecule has 0 aliphatic carbocycles. The third kappa shape index (κ3) is 22.7. The van der Waals surface area contributed by atoms with Crippen molar-refractivity contribution < 1.29 is 38.4 Å². The number of likely N-dealkylation sites (N-methyl/N-ethyl adjacent to an activating group) is 3. The summed E-state index contributed by atoms with van der Waals surface area (Å²) in [7, 11) is 11.8. The Morgan fingerprint density at radius 1 is 0.415 bits per heavy atom. The van der Waals surface area contributed by atoms with Gasteiger partial charge >= 0.3 is 18.1 Å². The van der Waals surface area contributed by atoms with Crippen molar-refractivity contribution in [2.45, 2.75) is 116 Å². The first-order chi connectivity index (χ1) is 58.7. The molecule has 0 saturated carbocycles. The number of rotatable bonds is 28. The summed E-state index contributed by atoms with van der Waals surface area (Å²) in [5, 5.41) is 56.4. The number of nitrogens with one attached hydrogen (secondary N) is 14. The van der Waals surface area contributed by atoms with Gasteiger partial charge in [0.2, 0.25) is 17.7 Å². The monoisotopic (exact) mass is 1670 g/mol. The van der Waals surface area contributed by atoms with Crippen LogP contribution in [0.25, 0.3) is 0 Å². The number of benzene rings is 7. The average Bonchev–Trinajstić information content (AvgIpc) is 1.60. The lowest BCUT2D eigenvalue weighted by Crippen LogP contribution is -2.50. The molecule has 123 heavy (non-hydrogen) atoms. The standard InChI is InChI=1S/C36H42N8O3.C29H36N8O3.C27H33N7O2/c1-6-30(24-12-8-7-9-13-24)40-35(47)44-23-29-32(36(44,2)3)41-42-33(29)38-27-14-10-15-28(22-27)39-34(46)25-17-19-26(20-18-25)37-31(45)16-11-21-43(4)5;1-7-24(38)31-20-13-11-19(12-14-20)27(39)33-22-10-8-9-21(15-22)32-26-23-17-37(29(3,4)25(23)34-35-26)28(40)30-18(2)16-36(5)6;1-6-23(35)28-19-13-10-14-20(15-19)29-25-21-16-34(27(2,3)24(21)31-32-25)26(36)30-22(17-33(4)5)18-11-8-7-9-12-18/h7-20,22,30H,6,21,23H2,1-5H3,(H,37,45)(H,39,46)(H,40,47)(H2,38,41,42);7-15,18H,1,16-17H2,2-6H3,(H,30,40)(H,31,38)(H,33,39)(H2,32,34,35);6-15,22H,1,16-17H2,2-5H3,(H,28,35)(H,30,36)(H2,29,31,32)/b16-11+;;/t30-;;22-/m1.1/s1. The highest BCUT2D eigenvalue weighted by atomic mass is 16.2. The highest BCUT2D eigenvalue weighted by Crippen LogP contribution is 2.45. The molecule has 31 nitrogen and oxygen atoms in total. The fourth-order valence-electron chi connectivity index (χ4n) is 14.8. The minimum Gasteiger partial charge on any atom is -0.338 e. The number of hydrogen-bond acceptors (Lipinski definition) is 17. The zero-order valence-corrected chi connectivity index (χ0v) is 72.0. The molecule has 13 rings (SSSR count). The molecule has 3 aliphatic rings. The summed E-state index contributed by atoms with van der Waals surface area (Å²) in [6, 6.07) is 54.6. The fraction of sp³-hybridized carbons (Fsp3) is 0.293. The number of anilines is 11. The Kier molecular flexibility index (Phi) is 29.0. The number of carbonyl (C=O) groups is 8. The largest absolute Gasteiger partial charge is 0.338 e. The number of carbonyl (C=O) groups excluding carboxylic acids is 8. The Hall–Kier alpha value is -14.2. The summed E-state index contributed by atoms with van der Waals surface area (Å²) < 4.78 is 0. The number of aromatic amines is 3.